The van der Waals surface area contributed by atoms with Gasteiger partial charge in [0.15, 0.2) is 5.96 Å². The maximum Gasteiger partial charge on any atom is 0.194 e. The smallest absolute Gasteiger partial charge is 0.194 e. The molecule has 0 aliphatic carbocycles. The first-order chi connectivity index (χ1) is 11.7. The number of halogens is 1. The molecule has 0 amide bonds. The molecule has 8 heteroatoms. The molecular formula is C17H24BrN5OS. The number of morpholine rings is 1. The number of aromatic nitrogens is 1. The standard InChI is InChI=1S/C17H23N5OS.BrH/c1-13-12-22(8-9-23-13)14(15-5-4-10-24-15)11-20-17(18)21-16-6-2-3-7-19-16;/h2-7,10,13-14H,8-9,11-12H2,1H3,(H3,18,19,20,21);1H. The molecule has 0 saturated carbocycles. The minimum absolute atomic E-state index is 0. The van der Waals surface area contributed by atoms with Crippen molar-refractivity contribution in [3.05, 3.63) is 46.8 Å². The third-order valence-electron chi connectivity index (χ3n) is 3.94. The lowest BCUT2D eigenvalue weighted by Gasteiger charge is -2.36. The molecule has 0 bridgehead atoms. The summed E-state index contributed by atoms with van der Waals surface area (Å²) in [5.74, 6) is 1.09. The number of ether oxygens (including phenoxy) is 1. The van der Waals surface area contributed by atoms with Crippen molar-refractivity contribution < 1.29 is 4.74 Å². The number of nitrogens with two attached hydrogens (primary N) is 1. The van der Waals surface area contributed by atoms with Crippen LogP contribution in [0, 0.1) is 0 Å². The molecule has 3 rings (SSSR count). The molecule has 1 aliphatic rings. The third kappa shape index (κ3) is 5.78. The number of rotatable bonds is 5. The maximum absolute atomic E-state index is 6.02. The predicted molar refractivity (Wildman–Crippen MR) is 109 cm³/mol. The fourth-order valence-corrected chi connectivity index (χ4v) is 3.64. The first-order valence-corrected chi connectivity index (χ1v) is 8.97. The van der Waals surface area contributed by atoms with Crippen LogP contribution in [0.15, 0.2) is 46.9 Å². The lowest BCUT2D eigenvalue weighted by Crippen LogP contribution is -2.44. The summed E-state index contributed by atoms with van der Waals surface area (Å²) in [6.45, 7) is 5.30. The summed E-state index contributed by atoms with van der Waals surface area (Å²) in [7, 11) is 0. The molecule has 0 radical (unpaired) electrons. The van der Waals surface area contributed by atoms with Crippen molar-refractivity contribution in [2.75, 3.05) is 31.6 Å². The van der Waals surface area contributed by atoms with Crippen LogP contribution >= 0.6 is 28.3 Å². The Labute approximate surface area is 162 Å². The summed E-state index contributed by atoms with van der Waals surface area (Å²) in [5.41, 5.74) is 6.02. The van der Waals surface area contributed by atoms with Gasteiger partial charge in [0.25, 0.3) is 0 Å². The zero-order chi connectivity index (χ0) is 16.8. The van der Waals surface area contributed by atoms with Crippen molar-refractivity contribution in [3.8, 4) is 0 Å². The first-order valence-electron chi connectivity index (χ1n) is 8.09. The van der Waals surface area contributed by atoms with Gasteiger partial charge in [0.2, 0.25) is 0 Å². The second-order valence-corrected chi connectivity index (χ2v) is 6.75. The number of hydrogen-bond acceptors (Lipinski definition) is 5. The molecule has 0 aromatic carbocycles. The number of anilines is 1. The van der Waals surface area contributed by atoms with E-state index in [0.717, 1.165) is 19.7 Å². The summed E-state index contributed by atoms with van der Waals surface area (Å²) in [5, 5.41) is 5.13. The van der Waals surface area contributed by atoms with E-state index in [-0.39, 0.29) is 29.1 Å². The van der Waals surface area contributed by atoms with Crippen molar-refractivity contribution in [2.24, 2.45) is 10.7 Å². The molecule has 1 fully saturated rings. The summed E-state index contributed by atoms with van der Waals surface area (Å²) in [6.07, 6.45) is 1.97. The van der Waals surface area contributed by atoms with Gasteiger partial charge in [0, 0.05) is 24.2 Å². The first kappa shape index (κ1) is 19.8. The van der Waals surface area contributed by atoms with Gasteiger partial charge in [-0.3, -0.25) is 9.89 Å². The van der Waals surface area contributed by atoms with Crippen molar-refractivity contribution in [1.29, 1.82) is 0 Å². The minimum atomic E-state index is 0. The van der Waals surface area contributed by atoms with E-state index in [0.29, 0.717) is 18.3 Å². The Hall–Kier alpha value is -1.48. The van der Waals surface area contributed by atoms with Gasteiger partial charge in [-0.1, -0.05) is 12.1 Å². The predicted octanol–water partition coefficient (Wildman–Crippen LogP) is 2.91. The minimum Gasteiger partial charge on any atom is -0.376 e. The van der Waals surface area contributed by atoms with E-state index in [9.17, 15) is 0 Å². The molecule has 1 aliphatic heterocycles. The van der Waals surface area contributed by atoms with E-state index >= 15 is 0 Å². The van der Waals surface area contributed by atoms with E-state index < -0.39 is 0 Å². The molecule has 2 unspecified atom stereocenters. The summed E-state index contributed by atoms with van der Waals surface area (Å²) >= 11 is 1.76. The van der Waals surface area contributed by atoms with E-state index in [1.54, 1.807) is 17.5 Å². The summed E-state index contributed by atoms with van der Waals surface area (Å²) in [4.78, 5) is 12.5. The Morgan fingerprint density at radius 2 is 2.36 bits per heavy atom. The highest BCUT2D eigenvalue weighted by atomic mass is 79.9. The number of aliphatic imine (C=N–C) groups is 1. The third-order valence-corrected chi connectivity index (χ3v) is 4.91. The fourth-order valence-electron chi connectivity index (χ4n) is 2.79. The SMILES string of the molecule is Br.CC1CN(C(CN=C(N)Nc2ccccn2)c2cccs2)CCO1. The second kappa shape index (κ2) is 9.86. The topological polar surface area (TPSA) is 75.8 Å². The van der Waals surface area contributed by atoms with Crippen LogP contribution < -0.4 is 11.1 Å². The number of nitrogens with zero attached hydrogens (tertiary/aromatic N) is 3. The average Bonchev–Trinajstić information content (AvgIpc) is 3.10. The second-order valence-electron chi connectivity index (χ2n) is 5.77. The van der Waals surface area contributed by atoms with Crippen LogP contribution in [0.3, 0.4) is 0 Å². The molecule has 6 nitrogen and oxygen atoms in total. The largest absolute Gasteiger partial charge is 0.376 e. The number of hydrogen-bond donors (Lipinski definition) is 2. The Morgan fingerprint density at radius 1 is 1.48 bits per heavy atom. The molecule has 3 N–H and O–H groups in total. The van der Waals surface area contributed by atoms with Crippen LogP contribution in [0.5, 0.6) is 0 Å². The molecule has 0 spiro atoms. The highest BCUT2D eigenvalue weighted by molar-refractivity contribution is 8.93. The Balaban J connectivity index is 0.00000225. The molecule has 2 atom stereocenters. The molecule has 136 valence electrons. The number of pyridine rings is 1. The molecule has 1 saturated heterocycles. The highest BCUT2D eigenvalue weighted by Gasteiger charge is 2.26. The van der Waals surface area contributed by atoms with E-state index in [2.05, 4.69) is 44.6 Å². The molecule has 3 heterocycles. The fraction of sp³-hybridized carbons (Fsp3) is 0.412. The van der Waals surface area contributed by atoms with Gasteiger partial charge < -0.3 is 15.8 Å². The Kier molecular flexibility index (Phi) is 7.83. The van der Waals surface area contributed by atoms with Gasteiger partial charge in [0.1, 0.15) is 5.82 Å². The molecule has 2 aromatic heterocycles. The van der Waals surface area contributed by atoms with Crippen LogP contribution in [-0.4, -0.2) is 48.2 Å². The van der Waals surface area contributed by atoms with Gasteiger partial charge in [-0.05, 0) is 30.5 Å². The zero-order valence-electron chi connectivity index (χ0n) is 14.2. The highest BCUT2D eigenvalue weighted by Crippen LogP contribution is 2.27. The number of guanidine groups is 1. The van der Waals surface area contributed by atoms with Crippen LogP contribution in [0.1, 0.15) is 17.8 Å². The van der Waals surface area contributed by atoms with Crippen molar-refractivity contribution in [1.82, 2.24) is 9.88 Å². The van der Waals surface area contributed by atoms with E-state index in [4.69, 9.17) is 10.5 Å². The number of thiophene rings is 1. The zero-order valence-corrected chi connectivity index (χ0v) is 16.7. The average molecular weight is 426 g/mol. The Morgan fingerprint density at radius 3 is 3.04 bits per heavy atom. The van der Waals surface area contributed by atoms with Crippen LogP contribution in [-0.2, 0) is 4.74 Å². The van der Waals surface area contributed by atoms with Crippen LogP contribution in [0.2, 0.25) is 0 Å². The van der Waals surface area contributed by atoms with Crippen LogP contribution in [0.4, 0.5) is 5.82 Å². The van der Waals surface area contributed by atoms with Gasteiger partial charge >= 0.3 is 0 Å². The van der Waals surface area contributed by atoms with Gasteiger partial charge in [-0.25, -0.2) is 4.98 Å². The van der Waals surface area contributed by atoms with E-state index in [1.165, 1.54) is 4.88 Å². The monoisotopic (exact) mass is 425 g/mol. The van der Waals surface area contributed by atoms with Crippen molar-refractivity contribution in [3.63, 3.8) is 0 Å². The molecule has 2 aromatic rings. The maximum atomic E-state index is 6.02. The summed E-state index contributed by atoms with van der Waals surface area (Å²) in [6, 6.07) is 10.1. The lowest BCUT2D eigenvalue weighted by molar-refractivity contribution is -0.0327. The molecule has 25 heavy (non-hydrogen) atoms. The lowest BCUT2D eigenvalue weighted by atomic mass is 10.1. The van der Waals surface area contributed by atoms with Crippen molar-refractivity contribution >= 4 is 40.1 Å². The van der Waals surface area contributed by atoms with Gasteiger partial charge in [0.05, 0.1) is 25.3 Å². The quantitative estimate of drug-likeness (QED) is 0.568. The molecular weight excluding hydrogens is 402 g/mol. The summed E-state index contributed by atoms with van der Waals surface area (Å²) < 4.78 is 5.66. The number of nitrogens with one attached hydrogen (secondary N) is 1. The van der Waals surface area contributed by atoms with Crippen molar-refractivity contribution in [2.45, 2.75) is 19.1 Å². The Bertz CT molecular complexity index is 652. The van der Waals surface area contributed by atoms with Gasteiger partial charge in [-0.2, -0.15) is 0 Å². The van der Waals surface area contributed by atoms with E-state index in [1.807, 2.05) is 18.2 Å². The normalized spacial score (nSPS) is 19.9. The van der Waals surface area contributed by atoms with Gasteiger partial charge in [-0.15, -0.1) is 28.3 Å². The van der Waals surface area contributed by atoms with Crippen LogP contribution in [0.25, 0.3) is 0 Å².